The highest BCUT2D eigenvalue weighted by atomic mass is 16.5. The van der Waals surface area contributed by atoms with E-state index in [1.165, 1.54) is 0 Å². The Bertz CT molecular complexity index is 497. The fourth-order valence-corrected chi connectivity index (χ4v) is 1.90. The SMILES string of the molecule is CCCCOC(=O)CCCCc1c(C)nc(N)[nH]c1=O. The van der Waals surface area contributed by atoms with Crippen LogP contribution >= 0.6 is 0 Å². The van der Waals surface area contributed by atoms with Crippen molar-refractivity contribution >= 4 is 11.9 Å². The van der Waals surface area contributed by atoms with Crippen molar-refractivity contribution in [2.75, 3.05) is 12.3 Å². The molecule has 0 atom stereocenters. The van der Waals surface area contributed by atoms with Crippen molar-refractivity contribution in [3.05, 3.63) is 21.6 Å². The summed E-state index contributed by atoms with van der Waals surface area (Å²) in [5.74, 6) is -0.0322. The van der Waals surface area contributed by atoms with Crippen LogP contribution in [-0.2, 0) is 16.0 Å². The van der Waals surface area contributed by atoms with Gasteiger partial charge in [0, 0.05) is 17.7 Å². The van der Waals surface area contributed by atoms with Crippen molar-refractivity contribution in [1.82, 2.24) is 9.97 Å². The molecule has 0 radical (unpaired) electrons. The van der Waals surface area contributed by atoms with E-state index in [0.29, 0.717) is 37.1 Å². The highest BCUT2D eigenvalue weighted by molar-refractivity contribution is 5.69. The van der Waals surface area contributed by atoms with Gasteiger partial charge in [0.2, 0.25) is 5.95 Å². The number of H-pyrrole nitrogens is 1. The summed E-state index contributed by atoms with van der Waals surface area (Å²) in [6.45, 7) is 4.31. The average molecular weight is 281 g/mol. The van der Waals surface area contributed by atoms with Gasteiger partial charge in [-0.25, -0.2) is 4.98 Å². The zero-order valence-corrected chi connectivity index (χ0v) is 12.2. The van der Waals surface area contributed by atoms with Crippen LogP contribution in [0.3, 0.4) is 0 Å². The predicted molar refractivity (Wildman–Crippen MR) is 77.4 cm³/mol. The van der Waals surface area contributed by atoms with Crippen LogP contribution in [-0.4, -0.2) is 22.5 Å². The molecule has 0 spiro atoms. The Morgan fingerprint density at radius 2 is 2.10 bits per heavy atom. The second kappa shape index (κ2) is 8.35. The summed E-state index contributed by atoms with van der Waals surface area (Å²) in [5, 5.41) is 0. The molecular weight excluding hydrogens is 258 g/mol. The Labute approximate surface area is 118 Å². The number of unbranched alkanes of at least 4 members (excludes halogenated alkanes) is 2. The second-order valence-corrected chi connectivity index (χ2v) is 4.80. The average Bonchev–Trinajstić information content (AvgIpc) is 2.37. The molecule has 0 bridgehead atoms. The van der Waals surface area contributed by atoms with E-state index in [4.69, 9.17) is 10.5 Å². The number of aryl methyl sites for hydroxylation is 1. The van der Waals surface area contributed by atoms with Gasteiger partial charge < -0.3 is 10.5 Å². The van der Waals surface area contributed by atoms with Gasteiger partial charge >= 0.3 is 5.97 Å². The fraction of sp³-hybridized carbons (Fsp3) is 0.643. The molecule has 0 aliphatic rings. The normalized spacial score (nSPS) is 10.5. The Kier molecular flexibility index (Phi) is 6.76. The number of hydrogen-bond acceptors (Lipinski definition) is 5. The number of carbonyl (C=O) groups is 1. The summed E-state index contributed by atoms with van der Waals surface area (Å²) in [6.07, 6.45) is 4.35. The lowest BCUT2D eigenvalue weighted by Crippen LogP contribution is -2.18. The number of nitrogen functional groups attached to an aromatic ring is 1. The Morgan fingerprint density at radius 3 is 2.75 bits per heavy atom. The van der Waals surface area contributed by atoms with E-state index in [1.54, 1.807) is 6.92 Å². The maximum Gasteiger partial charge on any atom is 0.305 e. The van der Waals surface area contributed by atoms with Crippen LogP contribution in [0.2, 0.25) is 0 Å². The predicted octanol–water partition coefficient (Wildman–Crippen LogP) is 1.72. The molecular formula is C14H23N3O3. The maximum absolute atomic E-state index is 11.7. The molecule has 1 aromatic rings. The van der Waals surface area contributed by atoms with E-state index in [1.807, 2.05) is 6.92 Å². The van der Waals surface area contributed by atoms with Gasteiger partial charge in [0.1, 0.15) is 0 Å². The van der Waals surface area contributed by atoms with Crippen molar-refractivity contribution in [3.63, 3.8) is 0 Å². The Hall–Kier alpha value is -1.85. The summed E-state index contributed by atoms with van der Waals surface area (Å²) in [6, 6.07) is 0. The minimum absolute atomic E-state index is 0.135. The number of aromatic nitrogens is 2. The number of aromatic amines is 1. The number of esters is 1. The van der Waals surface area contributed by atoms with Gasteiger partial charge in [0.25, 0.3) is 5.56 Å². The third-order valence-electron chi connectivity index (χ3n) is 3.06. The summed E-state index contributed by atoms with van der Waals surface area (Å²) in [5.41, 5.74) is 6.55. The first-order valence-electron chi connectivity index (χ1n) is 7.05. The lowest BCUT2D eigenvalue weighted by molar-refractivity contribution is -0.143. The van der Waals surface area contributed by atoms with Crippen LogP contribution in [0.15, 0.2) is 4.79 Å². The highest BCUT2D eigenvalue weighted by Gasteiger charge is 2.08. The highest BCUT2D eigenvalue weighted by Crippen LogP contribution is 2.07. The van der Waals surface area contributed by atoms with Crippen molar-refractivity contribution in [3.8, 4) is 0 Å². The molecule has 0 saturated heterocycles. The first kappa shape index (κ1) is 16.2. The largest absolute Gasteiger partial charge is 0.466 e. The zero-order valence-electron chi connectivity index (χ0n) is 12.2. The molecule has 112 valence electrons. The maximum atomic E-state index is 11.7. The van der Waals surface area contributed by atoms with Crippen molar-refractivity contribution in [2.24, 2.45) is 0 Å². The molecule has 0 unspecified atom stereocenters. The third kappa shape index (κ3) is 5.42. The van der Waals surface area contributed by atoms with Crippen LogP contribution in [0.4, 0.5) is 5.95 Å². The number of nitrogens with zero attached hydrogens (tertiary/aromatic N) is 1. The molecule has 20 heavy (non-hydrogen) atoms. The molecule has 1 rings (SSSR count). The molecule has 0 aromatic carbocycles. The van der Waals surface area contributed by atoms with Gasteiger partial charge in [-0.15, -0.1) is 0 Å². The fourth-order valence-electron chi connectivity index (χ4n) is 1.90. The molecule has 0 fully saturated rings. The first-order valence-corrected chi connectivity index (χ1v) is 7.05. The summed E-state index contributed by atoms with van der Waals surface area (Å²) in [4.78, 5) is 29.6. The molecule has 6 heteroatoms. The molecule has 1 heterocycles. The number of anilines is 1. The third-order valence-corrected chi connectivity index (χ3v) is 3.06. The standard InChI is InChI=1S/C14H23N3O3/c1-3-4-9-20-12(18)8-6-5-7-11-10(2)16-14(15)17-13(11)19/h3-9H2,1-2H3,(H3,15,16,17,19). The number of nitrogens with one attached hydrogen (secondary N) is 1. The lowest BCUT2D eigenvalue weighted by Gasteiger charge is -2.05. The minimum Gasteiger partial charge on any atom is -0.466 e. The molecule has 0 aliphatic carbocycles. The number of rotatable bonds is 8. The smallest absolute Gasteiger partial charge is 0.305 e. The van der Waals surface area contributed by atoms with Crippen LogP contribution in [0.25, 0.3) is 0 Å². The lowest BCUT2D eigenvalue weighted by atomic mass is 10.1. The van der Waals surface area contributed by atoms with E-state index >= 15 is 0 Å². The van der Waals surface area contributed by atoms with Crippen LogP contribution < -0.4 is 11.3 Å². The van der Waals surface area contributed by atoms with Gasteiger partial charge in [-0.3, -0.25) is 14.6 Å². The van der Waals surface area contributed by atoms with Gasteiger partial charge in [0.05, 0.1) is 6.61 Å². The van der Waals surface area contributed by atoms with E-state index in [0.717, 1.165) is 19.3 Å². The molecule has 3 N–H and O–H groups in total. The van der Waals surface area contributed by atoms with Gasteiger partial charge in [-0.2, -0.15) is 0 Å². The van der Waals surface area contributed by atoms with Crippen LogP contribution in [0.1, 0.15) is 50.3 Å². The number of nitrogens with two attached hydrogens (primary N) is 1. The number of ether oxygens (including phenoxy) is 1. The quantitative estimate of drug-likeness (QED) is 0.558. The van der Waals surface area contributed by atoms with Crippen LogP contribution in [0, 0.1) is 6.92 Å². The second-order valence-electron chi connectivity index (χ2n) is 4.80. The molecule has 1 aromatic heterocycles. The molecule has 6 nitrogen and oxygen atoms in total. The summed E-state index contributed by atoms with van der Waals surface area (Å²) < 4.78 is 5.06. The van der Waals surface area contributed by atoms with Crippen LogP contribution in [0.5, 0.6) is 0 Å². The zero-order chi connectivity index (χ0) is 15.0. The summed E-state index contributed by atoms with van der Waals surface area (Å²) in [7, 11) is 0. The summed E-state index contributed by atoms with van der Waals surface area (Å²) >= 11 is 0. The molecule has 0 amide bonds. The Morgan fingerprint density at radius 1 is 1.35 bits per heavy atom. The Balaban J connectivity index is 2.31. The first-order chi connectivity index (χ1) is 9.54. The van der Waals surface area contributed by atoms with Gasteiger partial charge in [-0.1, -0.05) is 13.3 Å². The topological polar surface area (TPSA) is 98.1 Å². The minimum atomic E-state index is -0.194. The van der Waals surface area contributed by atoms with Crippen molar-refractivity contribution in [2.45, 2.75) is 52.4 Å². The van der Waals surface area contributed by atoms with Crippen molar-refractivity contribution < 1.29 is 9.53 Å². The van der Waals surface area contributed by atoms with Gasteiger partial charge in [-0.05, 0) is 32.6 Å². The molecule has 0 saturated carbocycles. The number of hydrogen-bond donors (Lipinski definition) is 2. The van der Waals surface area contributed by atoms with E-state index in [9.17, 15) is 9.59 Å². The van der Waals surface area contributed by atoms with E-state index in [-0.39, 0.29) is 17.5 Å². The number of carbonyl (C=O) groups excluding carboxylic acids is 1. The van der Waals surface area contributed by atoms with E-state index < -0.39 is 0 Å². The molecule has 0 aliphatic heterocycles. The monoisotopic (exact) mass is 281 g/mol. The van der Waals surface area contributed by atoms with Gasteiger partial charge in [0.15, 0.2) is 0 Å². The van der Waals surface area contributed by atoms with E-state index in [2.05, 4.69) is 9.97 Å². The van der Waals surface area contributed by atoms with Crippen molar-refractivity contribution in [1.29, 1.82) is 0 Å².